The normalized spacial score (nSPS) is 18.4. The van der Waals surface area contributed by atoms with Gasteiger partial charge in [-0.05, 0) is 30.9 Å². The number of carbonyl (C=O) groups is 2. The Labute approximate surface area is 128 Å². The molecular weight excluding hydrogens is 282 g/mol. The lowest BCUT2D eigenvalue weighted by molar-refractivity contribution is -0.130. The Balaban J connectivity index is 1.63. The van der Waals surface area contributed by atoms with Crippen molar-refractivity contribution in [3.05, 3.63) is 30.2 Å². The summed E-state index contributed by atoms with van der Waals surface area (Å²) in [7, 11) is 0. The standard InChI is InChI=1S/C15H19N5O2/c1-11(21)19-6-2-4-12(9-19)8-16-15(22)13-5-3-7-20-10-17-18-14(13)20/h3,5,7,10,12H,2,4,6,8-9H2,1H3,(H,16,22)/t12-/m0/s1. The quantitative estimate of drug-likeness (QED) is 0.906. The van der Waals surface area contributed by atoms with Crippen LogP contribution in [0.15, 0.2) is 24.7 Å². The zero-order valence-corrected chi connectivity index (χ0v) is 12.5. The summed E-state index contributed by atoms with van der Waals surface area (Å²) in [4.78, 5) is 25.6. The van der Waals surface area contributed by atoms with E-state index < -0.39 is 0 Å². The van der Waals surface area contributed by atoms with Crippen molar-refractivity contribution in [3.63, 3.8) is 0 Å². The lowest BCUT2D eigenvalue weighted by Gasteiger charge is -2.32. The first-order chi connectivity index (χ1) is 10.6. The van der Waals surface area contributed by atoms with Gasteiger partial charge in [0.1, 0.15) is 6.33 Å². The van der Waals surface area contributed by atoms with E-state index in [0.717, 1.165) is 19.4 Å². The van der Waals surface area contributed by atoms with Crippen molar-refractivity contribution < 1.29 is 9.59 Å². The fourth-order valence-electron chi connectivity index (χ4n) is 2.88. The summed E-state index contributed by atoms with van der Waals surface area (Å²) >= 11 is 0. The molecule has 1 saturated heterocycles. The number of hydrogen-bond acceptors (Lipinski definition) is 4. The van der Waals surface area contributed by atoms with Crippen LogP contribution < -0.4 is 5.32 Å². The largest absolute Gasteiger partial charge is 0.352 e. The molecule has 1 aliphatic rings. The van der Waals surface area contributed by atoms with Gasteiger partial charge in [0.25, 0.3) is 5.91 Å². The third kappa shape index (κ3) is 2.93. The van der Waals surface area contributed by atoms with Crippen LogP contribution in [0.2, 0.25) is 0 Å². The van der Waals surface area contributed by atoms with E-state index in [-0.39, 0.29) is 11.8 Å². The third-order valence-electron chi connectivity index (χ3n) is 4.08. The average Bonchev–Trinajstić information content (AvgIpc) is 3.01. The van der Waals surface area contributed by atoms with Gasteiger partial charge >= 0.3 is 0 Å². The zero-order valence-electron chi connectivity index (χ0n) is 12.5. The number of nitrogens with zero attached hydrogens (tertiary/aromatic N) is 4. The van der Waals surface area contributed by atoms with Crippen LogP contribution in [0.4, 0.5) is 0 Å². The molecule has 1 fully saturated rings. The van der Waals surface area contributed by atoms with E-state index in [1.165, 1.54) is 0 Å². The van der Waals surface area contributed by atoms with Gasteiger partial charge in [-0.25, -0.2) is 0 Å². The van der Waals surface area contributed by atoms with Crippen molar-refractivity contribution in [2.75, 3.05) is 19.6 Å². The summed E-state index contributed by atoms with van der Waals surface area (Å²) in [6.07, 6.45) is 5.38. The molecule has 1 aliphatic heterocycles. The molecule has 2 aromatic rings. The lowest BCUT2D eigenvalue weighted by atomic mass is 9.98. The molecule has 2 amide bonds. The summed E-state index contributed by atoms with van der Waals surface area (Å²) < 4.78 is 1.72. The van der Waals surface area contributed by atoms with E-state index in [9.17, 15) is 9.59 Å². The molecule has 22 heavy (non-hydrogen) atoms. The molecule has 3 heterocycles. The number of hydrogen-bond donors (Lipinski definition) is 1. The van der Waals surface area contributed by atoms with Crippen molar-refractivity contribution in [2.45, 2.75) is 19.8 Å². The van der Waals surface area contributed by atoms with Crippen LogP contribution in [0.5, 0.6) is 0 Å². The van der Waals surface area contributed by atoms with E-state index in [4.69, 9.17) is 0 Å². The van der Waals surface area contributed by atoms with E-state index in [1.807, 2.05) is 4.90 Å². The van der Waals surface area contributed by atoms with Crippen LogP contribution in [-0.2, 0) is 4.79 Å². The first kappa shape index (κ1) is 14.5. The topological polar surface area (TPSA) is 79.6 Å². The van der Waals surface area contributed by atoms with Gasteiger partial charge in [-0.1, -0.05) is 0 Å². The Morgan fingerprint density at radius 3 is 3.14 bits per heavy atom. The average molecular weight is 301 g/mol. The van der Waals surface area contributed by atoms with Gasteiger partial charge in [0.15, 0.2) is 5.65 Å². The number of likely N-dealkylation sites (tertiary alicyclic amines) is 1. The number of aromatic nitrogens is 3. The third-order valence-corrected chi connectivity index (χ3v) is 4.08. The summed E-state index contributed by atoms with van der Waals surface area (Å²) in [5.74, 6) is 0.252. The summed E-state index contributed by atoms with van der Waals surface area (Å²) in [6, 6.07) is 3.53. The molecule has 3 rings (SSSR count). The van der Waals surface area contributed by atoms with Gasteiger partial charge in [-0.3, -0.25) is 14.0 Å². The minimum Gasteiger partial charge on any atom is -0.352 e. The predicted molar refractivity (Wildman–Crippen MR) is 80.3 cm³/mol. The van der Waals surface area contributed by atoms with Crippen LogP contribution in [0, 0.1) is 5.92 Å². The zero-order chi connectivity index (χ0) is 15.5. The molecular formula is C15H19N5O2. The van der Waals surface area contributed by atoms with Gasteiger partial charge in [0.2, 0.25) is 5.91 Å². The Bertz CT molecular complexity index is 696. The highest BCUT2D eigenvalue weighted by molar-refractivity contribution is 5.99. The number of amides is 2. The molecule has 1 atom stereocenters. The Kier molecular flexibility index (Phi) is 4.04. The van der Waals surface area contributed by atoms with E-state index in [1.54, 1.807) is 36.0 Å². The molecule has 0 bridgehead atoms. The highest BCUT2D eigenvalue weighted by Crippen LogP contribution is 2.16. The smallest absolute Gasteiger partial charge is 0.255 e. The molecule has 0 aromatic carbocycles. The van der Waals surface area contributed by atoms with Gasteiger partial charge in [0.05, 0.1) is 5.56 Å². The monoisotopic (exact) mass is 301 g/mol. The van der Waals surface area contributed by atoms with Crippen LogP contribution in [0.25, 0.3) is 5.65 Å². The molecule has 7 heteroatoms. The summed E-state index contributed by atoms with van der Waals surface area (Å²) in [5.41, 5.74) is 1.06. The molecule has 0 spiro atoms. The van der Waals surface area contributed by atoms with Crippen molar-refractivity contribution in [1.29, 1.82) is 0 Å². The first-order valence-corrected chi connectivity index (χ1v) is 7.47. The second kappa shape index (κ2) is 6.13. The summed E-state index contributed by atoms with van der Waals surface area (Å²) in [6.45, 7) is 3.69. The second-order valence-electron chi connectivity index (χ2n) is 5.67. The number of piperidine rings is 1. The van der Waals surface area contributed by atoms with Crippen LogP contribution in [0.3, 0.4) is 0 Å². The van der Waals surface area contributed by atoms with Crippen molar-refractivity contribution >= 4 is 17.5 Å². The minimum absolute atomic E-state index is 0.101. The fourth-order valence-corrected chi connectivity index (χ4v) is 2.88. The van der Waals surface area contributed by atoms with E-state index >= 15 is 0 Å². The number of pyridine rings is 1. The van der Waals surface area contributed by atoms with E-state index in [0.29, 0.717) is 30.2 Å². The lowest BCUT2D eigenvalue weighted by Crippen LogP contribution is -2.42. The SMILES string of the molecule is CC(=O)N1CCC[C@@H](CNC(=O)c2cccn3cnnc23)C1. The van der Waals surface area contributed by atoms with Crippen LogP contribution in [-0.4, -0.2) is 50.9 Å². The molecule has 0 unspecified atom stereocenters. The minimum atomic E-state index is -0.154. The number of fused-ring (bicyclic) bond motifs is 1. The Morgan fingerprint density at radius 1 is 1.45 bits per heavy atom. The Hall–Kier alpha value is -2.44. The maximum absolute atomic E-state index is 12.3. The van der Waals surface area contributed by atoms with Crippen LogP contribution >= 0.6 is 0 Å². The number of nitrogens with one attached hydrogen (secondary N) is 1. The van der Waals surface area contributed by atoms with Crippen LogP contribution in [0.1, 0.15) is 30.1 Å². The Morgan fingerprint density at radius 2 is 2.32 bits per heavy atom. The molecule has 0 radical (unpaired) electrons. The van der Waals surface area contributed by atoms with Crippen molar-refractivity contribution in [2.24, 2.45) is 5.92 Å². The van der Waals surface area contributed by atoms with Gasteiger partial charge in [-0.15, -0.1) is 10.2 Å². The number of rotatable bonds is 3. The number of carbonyl (C=O) groups excluding carboxylic acids is 2. The molecule has 2 aromatic heterocycles. The maximum atomic E-state index is 12.3. The van der Waals surface area contributed by atoms with Gasteiger partial charge in [-0.2, -0.15) is 0 Å². The molecule has 0 aliphatic carbocycles. The predicted octanol–water partition coefficient (Wildman–Crippen LogP) is 0.718. The molecule has 0 saturated carbocycles. The molecule has 116 valence electrons. The van der Waals surface area contributed by atoms with Gasteiger partial charge < -0.3 is 10.2 Å². The fraction of sp³-hybridized carbons (Fsp3) is 0.467. The molecule has 1 N–H and O–H groups in total. The highest BCUT2D eigenvalue weighted by atomic mass is 16.2. The van der Waals surface area contributed by atoms with Crippen molar-refractivity contribution in [3.8, 4) is 0 Å². The first-order valence-electron chi connectivity index (χ1n) is 7.47. The maximum Gasteiger partial charge on any atom is 0.255 e. The highest BCUT2D eigenvalue weighted by Gasteiger charge is 2.22. The molecule has 7 nitrogen and oxygen atoms in total. The second-order valence-corrected chi connectivity index (χ2v) is 5.67. The summed E-state index contributed by atoms with van der Waals surface area (Å²) in [5, 5.41) is 10.7. The van der Waals surface area contributed by atoms with Crippen molar-refractivity contribution in [1.82, 2.24) is 24.8 Å². The van der Waals surface area contributed by atoms with E-state index in [2.05, 4.69) is 15.5 Å². The van der Waals surface area contributed by atoms with Gasteiger partial charge in [0, 0.05) is 32.8 Å².